The molecule has 5 nitrogen and oxygen atoms in total. The predicted octanol–water partition coefficient (Wildman–Crippen LogP) is 2.95. The topological polar surface area (TPSA) is 66.5 Å². The van der Waals surface area contributed by atoms with Gasteiger partial charge in [0.25, 0.3) is 5.91 Å². The summed E-state index contributed by atoms with van der Waals surface area (Å²) < 4.78 is 38.8. The molecule has 0 heterocycles. The van der Waals surface area contributed by atoms with Gasteiger partial charge in [0.15, 0.2) is 0 Å². The number of anilines is 1. The van der Waals surface area contributed by atoms with Gasteiger partial charge in [-0.05, 0) is 56.2 Å². The van der Waals surface area contributed by atoms with Crippen LogP contribution in [0.3, 0.4) is 0 Å². The van der Waals surface area contributed by atoms with Crippen LogP contribution in [0.1, 0.15) is 27.0 Å². The van der Waals surface area contributed by atoms with Gasteiger partial charge in [-0.25, -0.2) is 12.8 Å². The smallest absolute Gasteiger partial charge is 0.251 e. The van der Waals surface area contributed by atoms with Crippen molar-refractivity contribution in [1.82, 2.24) is 5.32 Å². The van der Waals surface area contributed by atoms with Gasteiger partial charge in [0, 0.05) is 12.1 Å². The van der Waals surface area contributed by atoms with Crippen LogP contribution in [-0.2, 0) is 10.0 Å². The van der Waals surface area contributed by atoms with Crippen molar-refractivity contribution in [3.8, 4) is 0 Å². The van der Waals surface area contributed by atoms with E-state index in [-0.39, 0.29) is 19.0 Å². The van der Waals surface area contributed by atoms with Gasteiger partial charge in [0.05, 0.1) is 18.5 Å². The highest BCUT2D eigenvalue weighted by Crippen LogP contribution is 2.27. The van der Waals surface area contributed by atoms with Crippen molar-refractivity contribution in [3.05, 3.63) is 64.5 Å². The highest BCUT2D eigenvalue weighted by atomic mass is 32.2. The number of carbonyl (C=O) groups is 1. The first-order chi connectivity index (χ1) is 12.1. The maximum absolute atomic E-state index is 12.9. The van der Waals surface area contributed by atoms with Crippen LogP contribution in [0.25, 0.3) is 0 Å². The number of benzene rings is 2. The molecular weight excluding hydrogens is 355 g/mol. The van der Waals surface area contributed by atoms with Crippen LogP contribution in [0.2, 0.25) is 0 Å². The molecule has 0 bridgehead atoms. The number of halogens is 1. The number of hydrogen-bond acceptors (Lipinski definition) is 3. The Morgan fingerprint density at radius 3 is 2.12 bits per heavy atom. The fourth-order valence-electron chi connectivity index (χ4n) is 2.98. The minimum Gasteiger partial charge on any atom is -0.350 e. The Kier molecular flexibility index (Phi) is 6.02. The van der Waals surface area contributed by atoms with E-state index in [0.717, 1.165) is 22.9 Å². The fraction of sp³-hybridized carbons (Fsp3) is 0.316. The van der Waals surface area contributed by atoms with E-state index >= 15 is 0 Å². The Morgan fingerprint density at radius 1 is 1.08 bits per heavy atom. The van der Waals surface area contributed by atoms with Crippen LogP contribution in [0.15, 0.2) is 36.4 Å². The monoisotopic (exact) mass is 378 g/mol. The van der Waals surface area contributed by atoms with E-state index in [1.807, 2.05) is 32.9 Å². The second-order valence-electron chi connectivity index (χ2n) is 6.35. The third-order valence-electron chi connectivity index (χ3n) is 3.99. The molecule has 140 valence electrons. The molecule has 0 radical (unpaired) electrons. The van der Waals surface area contributed by atoms with Crippen molar-refractivity contribution in [1.29, 1.82) is 0 Å². The number of sulfonamides is 1. The molecule has 2 aromatic carbocycles. The summed E-state index contributed by atoms with van der Waals surface area (Å²) in [5.74, 6) is -0.800. The SMILES string of the molecule is Cc1cc(C)c(N(CCNC(=O)c2ccc(F)cc2)S(C)(=O)=O)c(C)c1. The molecule has 0 fully saturated rings. The minimum atomic E-state index is -3.51. The van der Waals surface area contributed by atoms with Crippen LogP contribution in [0, 0.1) is 26.6 Å². The zero-order valence-corrected chi connectivity index (χ0v) is 16.2. The predicted molar refractivity (Wildman–Crippen MR) is 102 cm³/mol. The Balaban J connectivity index is 2.15. The molecule has 1 amide bonds. The van der Waals surface area contributed by atoms with Crippen molar-refractivity contribution in [3.63, 3.8) is 0 Å². The molecule has 0 saturated carbocycles. The normalized spacial score (nSPS) is 11.3. The molecular formula is C19H23FN2O3S. The fourth-order valence-corrected chi connectivity index (χ4v) is 4.03. The number of nitrogens with one attached hydrogen (secondary N) is 1. The number of nitrogens with zero attached hydrogens (tertiary/aromatic N) is 1. The van der Waals surface area contributed by atoms with Gasteiger partial charge in [-0.1, -0.05) is 17.7 Å². The largest absolute Gasteiger partial charge is 0.350 e. The summed E-state index contributed by atoms with van der Waals surface area (Å²) >= 11 is 0. The van der Waals surface area contributed by atoms with Crippen LogP contribution in [0.5, 0.6) is 0 Å². The highest BCUT2D eigenvalue weighted by molar-refractivity contribution is 7.92. The third-order valence-corrected chi connectivity index (χ3v) is 5.16. The molecule has 0 atom stereocenters. The Hall–Kier alpha value is -2.41. The summed E-state index contributed by atoms with van der Waals surface area (Å²) in [5.41, 5.74) is 3.73. The summed E-state index contributed by atoms with van der Waals surface area (Å²) in [6, 6.07) is 9.03. The van der Waals surface area contributed by atoms with Gasteiger partial charge in [-0.15, -0.1) is 0 Å². The van der Waals surface area contributed by atoms with Crippen LogP contribution >= 0.6 is 0 Å². The van der Waals surface area contributed by atoms with Gasteiger partial charge in [0.1, 0.15) is 5.82 Å². The lowest BCUT2D eigenvalue weighted by Crippen LogP contribution is -2.39. The highest BCUT2D eigenvalue weighted by Gasteiger charge is 2.21. The molecule has 7 heteroatoms. The van der Waals surface area contributed by atoms with E-state index in [1.54, 1.807) is 0 Å². The number of rotatable bonds is 6. The summed E-state index contributed by atoms with van der Waals surface area (Å²) in [6.45, 7) is 5.93. The van der Waals surface area contributed by atoms with Crippen LogP contribution in [0.4, 0.5) is 10.1 Å². The quantitative estimate of drug-likeness (QED) is 0.840. The average molecular weight is 378 g/mol. The number of hydrogen-bond donors (Lipinski definition) is 1. The standard InChI is InChI=1S/C19H23FN2O3S/c1-13-11-14(2)18(15(3)12-13)22(26(4,24)25)10-9-21-19(23)16-5-7-17(20)8-6-16/h5-8,11-12H,9-10H2,1-4H3,(H,21,23). The first-order valence-corrected chi connectivity index (χ1v) is 10.0. The van der Waals surface area contributed by atoms with Gasteiger partial charge in [-0.3, -0.25) is 9.10 Å². The second-order valence-corrected chi connectivity index (χ2v) is 8.25. The van der Waals surface area contributed by atoms with Crippen molar-refractivity contribution < 1.29 is 17.6 Å². The summed E-state index contributed by atoms with van der Waals surface area (Å²) in [4.78, 5) is 12.1. The lowest BCUT2D eigenvalue weighted by atomic mass is 10.1. The Morgan fingerprint density at radius 2 is 1.62 bits per heavy atom. The molecule has 26 heavy (non-hydrogen) atoms. The van der Waals surface area contributed by atoms with Gasteiger partial charge < -0.3 is 5.32 Å². The van der Waals surface area contributed by atoms with Crippen molar-refractivity contribution in [2.24, 2.45) is 0 Å². The van der Waals surface area contributed by atoms with E-state index < -0.39 is 15.8 Å². The summed E-state index contributed by atoms with van der Waals surface area (Å²) in [7, 11) is -3.51. The average Bonchev–Trinajstić information content (AvgIpc) is 2.52. The van der Waals surface area contributed by atoms with E-state index in [4.69, 9.17) is 0 Å². The van der Waals surface area contributed by atoms with E-state index in [1.165, 1.54) is 28.6 Å². The maximum atomic E-state index is 12.9. The number of aryl methyl sites for hydroxylation is 3. The van der Waals surface area contributed by atoms with Gasteiger partial charge in [0.2, 0.25) is 10.0 Å². The number of carbonyl (C=O) groups excluding carboxylic acids is 1. The zero-order chi connectivity index (χ0) is 19.5. The van der Waals surface area contributed by atoms with Crippen molar-refractivity contribution in [2.75, 3.05) is 23.7 Å². The zero-order valence-electron chi connectivity index (χ0n) is 15.3. The van der Waals surface area contributed by atoms with Crippen LogP contribution < -0.4 is 9.62 Å². The molecule has 0 aliphatic heterocycles. The molecule has 2 rings (SSSR count). The molecule has 1 N–H and O–H groups in total. The first-order valence-electron chi connectivity index (χ1n) is 8.19. The molecule has 0 saturated heterocycles. The van der Waals surface area contributed by atoms with Crippen molar-refractivity contribution >= 4 is 21.6 Å². The van der Waals surface area contributed by atoms with Gasteiger partial charge in [-0.2, -0.15) is 0 Å². The van der Waals surface area contributed by atoms with Gasteiger partial charge >= 0.3 is 0 Å². The molecule has 0 aromatic heterocycles. The third kappa shape index (κ3) is 4.82. The van der Waals surface area contributed by atoms with Crippen LogP contribution in [-0.4, -0.2) is 33.7 Å². The Labute approximate surface area is 153 Å². The van der Waals surface area contributed by atoms with E-state index in [0.29, 0.717) is 11.3 Å². The van der Waals surface area contributed by atoms with Crippen molar-refractivity contribution in [2.45, 2.75) is 20.8 Å². The lowest BCUT2D eigenvalue weighted by molar-refractivity contribution is 0.0955. The van der Waals surface area contributed by atoms with E-state index in [9.17, 15) is 17.6 Å². The summed E-state index contributed by atoms with van der Waals surface area (Å²) in [5, 5.41) is 2.67. The molecule has 0 spiro atoms. The first kappa shape index (κ1) is 19.9. The second kappa shape index (κ2) is 7.86. The summed E-state index contributed by atoms with van der Waals surface area (Å²) in [6.07, 6.45) is 1.15. The molecule has 0 aliphatic rings. The Bertz CT molecular complexity index is 886. The molecule has 0 aliphatic carbocycles. The maximum Gasteiger partial charge on any atom is 0.251 e. The minimum absolute atomic E-state index is 0.108. The van der Waals surface area contributed by atoms with E-state index in [2.05, 4.69) is 5.32 Å². The number of amides is 1. The lowest BCUT2D eigenvalue weighted by Gasteiger charge is -2.26. The molecule has 2 aromatic rings. The molecule has 0 unspecified atom stereocenters.